The number of nitrogens with one attached hydrogen (secondary N) is 1. The average Bonchev–Trinajstić information content (AvgIpc) is 3.77. The Labute approximate surface area is 275 Å². The number of imide groups is 2. The van der Waals surface area contributed by atoms with E-state index in [2.05, 4.69) is 24.1 Å². The number of hydrogen-bond donors (Lipinski definition) is 1. The van der Waals surface area contributed by atoms with E-state index in [0.717, 1.165) is 34.5 Å². The third kappa shape index (κ3) is 4.70. The minimum absolute atomic E-state index is 0.203. The summed E-state index contributed by atoms with van der Waals surface area (Å²) in [7, 11) is 0. The fourth-order valence-corrected chi connectivity index (χ4v) is 7.27. The number of furan rings is 2. The summed E-state index contributed by atoms with van der Waals surface area (Å²) >= 11 is 0. The SMILES string of the molecule is CC(C)N(CCCNCCN1C(=O)c2cccc3c2c(cc2ccoc23)C1=O)CCN1C(=O)c2cccc3c2c(cc2ccoc23)C1=O. The summed E-state index contributed by atoms with van der Waals surface area (Å²) in [6, 6.07) is 18.5. The smallest absolute Gasteiger partial charge is 0.261 e. The van der Waals surface area contributed by atoms with Gasteiger partial charge in [-0.05, 0) is 69.8 Å². The molecule has 0 atom stereocenters. The zero-order valence-electron chi connectivity index (χ0n) is 26.7. The van der Waals surface area contributed by atoms with Crippen molar-refractivity contribution in [2.45, 2.75) is 26.3 Å². The molecule has 2 aromatic heterocycles. The molecule has 2 aliphatic heterocycles. The zero-order valence-corrected chi connectivity index (χ0v) is 26.7. The maximum Gasteiger partial charge on any atom is 0.261 e. The van der Waals surface area contributed by atoms with Gasteiger partial charge in [-0.2, -0.15) is 0 Å². The Balaban J connectivity index is 0.871. The molecule has 6 aromatic rings. The largest absolute Gasteiger partial charge is 0.464 e. The molecule has 10 nitrogen and oxygen atoms in total. The van der Waals surface area contributed by atoms with Crippen LogP contribution in [0.25, 0.3) is 43.5 Å². The summed E-state index contributed by atoms with van der Waals surface area (Å²) in [5, 5.41) is 7.89. The molecular weight excluding hydrogens is 608 g/mol. The number of hydrogen-bond acceptors (Lipinski definition) is 8. The van der Waals surface area contributed by atoms with Gasteiger partial charge in [0.25, 0.3) is 23.6 Å². The number of fused-ring (bicyclic) bond motifs is 4. The van der Waals surface area contributed by atoms with Crippen LogP contribution in [-0.4, -0.2) is 83.6 Å². The second kappa shape index (κ2) is 11.7. The second-order valence-corrected chi connectivity index (χ2v) is 12.7. The van der Waals surface area contributed by atoms with Gasteiger partial charge in [-0.15, -0.1) is 0 Å². The molecule has 0 saturated heterocycles. The van der Waals surface area contributed by atoms with Crippen molar-refractivity contribution in [3.8, 4) is 0 Å². The van der Waals surface area contributed by atoms with E-state index < -0.39 is 0 Å². The van der Waals surface area contributed by atoms with Gasteiger partial charge < -0.3 is 14.2 Å². The third-order valence-electron chi connectivity index (χ3n) is 9.70. The zero-order chi connectivity index (χ0) is 33.1. The molecule has 8 rings (SSSR count). The van der Waals surface area contributed by atoms with Crippen LogP contribution in [0.15, 0.2) is 82.0 Å². The molecular formula is C38H34N4O6. The molecule has 4 aromatic carbocycles. The molecule has 0 unspecified atom stereocenters. The minimum atomic E-state index is -0.299. The van der Waals surface area contributed by atoms with E-state index in [1.165, 1.54) is 9.80 Å². The van der Waals surface area contributed by atoms with E-state index in [0.29, 0.717) is 63.8 Å². The van der Waals surface area contributed by atoms with Crippen molar-refractivity contribution in [2.75, 3.05) is 39.3 Å². The number of nitrogens with zero attached hydrogens (tertiary/aromatic N) is 3. The Kier molecular flexibility index (Phi) is 7.34. The van der Waals surface area contributed by atoms with Crippen molar-refractivity contribution in [3.63, 3.8) is 0 Å². The van der Waals surface area contributed by atoms with Crippen LogP contribution in [0.1, 0.15) is 61.7 Å². The molecule has 4 heterocycles. The highest BCUT2D eigenvalue weighted by Gasteiger charge is 2.35. The van der Waals surface area contributed by atoms with E-state index in [1.807, 2.05) is 48.5 Å². The summed E-state index contributed by atoms with van der Waals surface area (Å²) in [6.45, 7) is 7.16. The van der Waals surface area contributed by atoms with E-state index >= 15 is 0 Å². The number of benzene rings is 4. The number of carbonyl (C=O) groups is 4. The van der Waals surface area contributed by atoms with Crippen LogP contribution in [0, 0.1) is 0 Å². The summed E-state index contributed by atoms with van der Waals surface area (Å²) < 4.78 is 11.3. The van der Waals surface area contributed by atoms with Crippen LogP contribution in [0.4, 0.5) is 0 Å². The highest BCUT2D eigenvalue weighted by Crippen LogP contribution is 2.37. The lowest BCUT2D eigenvalue weighted by molar-refractivity contribution is 0.0579. The maximum absolute atomic E-state index is 13.6. The molecule has 242 valence electrons. The van der Waals surface area contributed by atoms with Gasteiger partial charge in [0.05, 0.1) is 12.5 Å². The van der Waals surface area contributed by atoms with Gasteiger partial charge >= 0.3 is 0 Å². The molecule has 0 aliphatic carbocycles. The minimum Gasteiger partial charge on any atom is -0.464 e. The summed E-state index contributed by atoms with van der Waals surface area (Å²) in [5.41, 5.74) is 3.42. The van der Waals surface area contributed by atoms with Gasteiger partial charge in [0, 0.05) is 86.8 Å². The van der Waals surface area contributed by atoms with E-state index in [9.17, 15) is 19.2 Å². The molecule has 4 amide bonds. The maximum atomic E-state index is 13.6. The van der Waals surface area contributed by atoms with Crippen molar-refractivity contribution in [2.24, 2.45) is 0 Å². The van der Waals surface area contributed by atoms with Crippen molar-refractivity contribution in [1.82, 2.24) is 20.0 Å². The standard InChI is InChI=1S/C38H34N4O6/c1-22(2)40(16-17-42-36(44)28-9-4-7-26-32(28)30(38(42)46)21-24-11-19-48-34(24)26)14-5-12-39-13-15-41-35(43)27-8-3-6-25-31(27)29(37(41)45)20-23-10-18-47-33(23)25/h3-4,6-11,18-22,39H,5,12-17H2,1-2H3. The van der Waals surface area contributed by atoms with Crippen LogP contribution in [0.3, 0.4) is 0 Å². The van der Waals surface area contributed by atoms with Gasteiger partial charge in [0.1, 0.15) is 11.2 Å². The molecule has 0 bridgehead atoms. The van der Waals surface area contributed by atoms with E-state index in [-0.39, 0.29) is 42.8 Å². The van der Waals surface area contributed by atoms with E-state index in [4.69, 9.17) is 8.83 Å². The van der Waals surface area contributed by atoms with Crippen molar-refractivity contribution < 1.29 is 28.0 Å². The first-order valence-corrected chi connectivity index (χ1v) is 16.4. The first kappa shape index (κ1) is 30.0. The fraction of sp³-hybridized carbons (Fsp3) is 0.263. The van der Waals surface area contributed by atoms with Crippen LogP contribution >= 0.6 is 0 Å². The van der Waals surface area contributed by atoms with Crippen LogP contribution in [-0.2, 0) is 0 Å². The molecule has 1 N–H and O–H groups in total. The third-order valence-corrected chi connectivity index (χ3v) is 9.70. The lowest BCUT2D eigenvalue weighted by atomic mass is 9.92. The van der Waals surface area contributed by atoms with Crippen molar-refractivity contribution in [3.05, 3.63) is 95.4 Å². The second-order valence-electron chi connectivity index (χ2n) is 12.7. The first-order chi connectivity index (χ1) is 23.3. The highest BCUT2D eigenvalue weighted by atomic mass is 16.3. The van der Waals surface area contributed by atoms with Crippen molar-refractivity contribution in [1.29, 1.82) is 0 Å². The number of amides is 4. The van der Waals surface area contributed by atoms with Gasteiger partial charge in [-0.1, -0.05) is 24.3 Å². The molecule has 48 heavy (non-hydrogen) atoms. The predicted molar refractivity (Wildman–Crippen MR) is 182 cm³/mol. The van der Waals surface area contributed by atoms with E-state index in [1.54, 1.807) is 24.7 Å². The normalized spacial score (nSPS) is 14.8. The molecule has 0 saturated carbocycles. The van der Waals surface area contributed by atoms with Gasteiger partial charge in [-0.25, -0.2) is 0 Å². The van der Waals surface area contributed by atoms with Crippen molar-refractivity contribution >= 4 is 67.1 Å². The average molecular weight is 643 g/mol. The first-order valence-electron chi connectivity index (χ1n) is 16.4. The summed E-state index contributed by atoms with van der Waals surface area (Å²) in [5.74, 6) is -1.17. The monoisotopic (exact) mass is 642 g/mol. The van der Waals surface area contributed by atoms with Gasteiger partial charge in [-0.3, -0.25) is 33.9 Å². The topological polar surface area (TPSA) is 116 Å². The summed E-state index contributed by atoms with van der Waals surface area (Å²) in [6.07, 6.45) is 4.00. The fourth-order valence-electron chi connectivity index (χ4n) is 7.27. The van der Waals surface area contributed by atoms with Gasteiger partial charge in [0.15, 0.2) is 0 Å². The van der Waals surface area contributed by atoms with Crippen LogP contribution in [0.5, 0.6) is 0 Å². The quantitative estimate of drug-likeness (QED) is 0.134. The van der Waals surface area contributed by atoms with Crippen LogP contribution < -0.4 is 5.32 Å². The molecule has 2 aliphatic rings. The Morgan fingerprint density at radius 1 is 0.646 bits per heavy atom. The molecule has 0 spiro atoms. The molecule has 0 radical (unpaired) electrons. The number of carbonyl (C=O) groups excluding carboxylic acids is 4. The lowest BCUT2D eigenvalue weighted by Gasteiger charge is -2.32. The Bertz CT molecular complexity index is 2300. The molecule has 10 heteroatoms. The number of rotatable bonds is 11. The Morgan fingerprint density at radius 2 is 1.17 bits per heavy atom. The molecule has 0 fully saturated rings. The predicted octanol–water partition coefficient (Wildman–Crippen LogP) is 6.07. The van der Waals surface area contributed by atoms with Gasteiger partial charge in [0.2, 0.25) is 0 Å². The Morgan fingerprint density at radius 3 is 1.71 bits per heavy atom. The summed E-state index contributed by atoms with van der Waals surface area (Å²) in [4.78, 5) is 58.9. The Hall–Kier alpha value is -5.32. The highest BCUT2D eigenvalue weighted by molar-refractivity contribution is 6.30. The lowest BCUT2D eigenvalue weighted by Crippen LogP contribution is -2.46. The van der Waals surface area contributed by atoms with Crippen LogP contribution in [0.2, 0.25) is 0 Å².